The van der Waals surface area contributed by atoms with Gasteiger partial charge in [-0.3, -0.25) is 13.9 Å². The number of hydrogen-bond acceptors (Lipinski definition) is 6. The van der Waals surface area contributed by atoms with Crippen molar-refractivity contribution in [3.05, 3.63) is 87.9 Å². The first-order valence-corrected chi connectivity index (χ1v) is 15.3. The number of anilines is 1. The Hall–Kier alpha value is -3.47. The third kappa shape index (κ3) is 8.28. The van der Waals surface area contributed by atoms with Gasteiger partial charge in [-0.1, -0.05) is 59.6 Å². The molecule has 0 unspecified atom stereocenters. The van der Waals surface area contributed by atoms with E-state index in [1.165, 1.54) is 31.3 Å². The van der Waals surface area contributed by atoms with Crippen LogP contribution < -0.4 is 19.1 Å². The summed E-state index contributed by atoms with van der Waals surface area (Å²) in [6.45, 7) is 1.35. The molecule has 0 aromatic heterocycles. The zero-order chi connectivity index (χ0) is 30.2. The Labute approximate surface area is 251 Å². The average Bonchev–Trinajstić information content (AvgIpc) is 2.94. The number of sulfonamides is 1. The Morgan fingerprint density at radius 1 is 0.951 bits per heavy atom. The lowest BCUT2D eigenvalue weighted by molar-refractivity contribution is -0.140. The lowest BCUT2D eigenvalue weighted by atomic mass is 10.0. The SMILES string of the molecule is CCNC(=O)[C@@H](Cc1ccccc1)N(Cc1c(Cl)cccc1Cl)C(=O)CN(c1ccc(OC)cc1OC)S(C)(=O)=O. The van der Waals surface area contributed by atoms with Crippen LogP contribution in [-0.2, 0) is 32.6 Å². The summed E-state index contributed by atoms with van der Waals surface area (Å²) in [5.74, 6) is -0.412. The fraction of sp³-hybridized carbons (Fsp3) is 0.310. The number of rotatable bonds is 13. The molecule has 3 aromatic carbocycles. The monoisotopic (exact) mass is 621 g/mol. The van der Waals surface area contributed by atoms with Crippen molar-refractivity contribution in [3.8, 4) is 11.5 Å². The Balaban J connectivity index is 2.12. The first-order valence-electron chi connectivity index (χ1n) is 12.7. The van der Waals surface area contributed by atoms with Crippen LogP contribution in [0.25, 0.3) is 0 Å². The number of halogens is 2. The molecule has 0 aliphatic heterocycles. The van der Waals surface area contributed by atoms with E-state index in [0.717, 1.165) is 16.1 Å². The van der Waals surface area contributed by atoms with Crippen LogP contribution in [0.3, 0.4) is 0 Å². The third-order valence-electron chi connectivity index (χ3n) is 6.35. The number of ether oxygens (including phenoxy) is 2. The van der Waals surface area contributed by atoms with E-state index in [-0.39, 0.29) is 24.4 Å². The quantitative estimate of drug-likeness (QED) is 0.300. The van der Waals surface area contributed by atoms with Gasteiger partial charge in [0, 0.05) is 41.2 Å². The molecule has 2 amide bonds. The number of carbonyl (C=O) groups is 2. The molecule has 0 fully saturated rings. The number of benzene rings is 3. The highest BCUT2D eigenvalue weighted by molar-refractivity contribution is 7.92. The molecule has 0 aliphatic rings. The van der Waals surface area contributed by atoms with Gasteiger partial charge in [0.15, 0.2) is 0 Å². The number of hydrogen-bond donors (Lipinski definition) is 1. The number of nitrogens with one attached hydrogen (secondary N) is 1. The summed E-state index contributed by atoms with van der Waals surface area (Å²) in [7, 11) is -1.13. The molecular weight excluding hydrogens is 589 g/mol. The fourth-order valence-electron chi connectivity index (χ4n) is 4.29. The zero-order valence-electron chi connectivity index (χ0n) is 23.3. The molecule has 0 saturated carbocycles. The lowest BCUT2D eigenvalue weighted by Crippen LogP contribution is -2.53. The minimum Gasteiger partial charge on any atom is -0.497 e. The van der Waals surface area contributed by atoms with Gasteiger partial charge in [-0.15, -0.1) is 0 Å². The van der Waals surface area contributed by atoms with Gasteiger partial charge in [0.25, 0.3) is 0 Å². The smallest absolute Gasteiger partial charge is 0.244 e. The lowest BCUT2D eigenvalue weighted by Gasteiger charge is -2.34. The zero-order valence-corrected chi connectivity index (χ0v) is 25.6. The second-order valence-electron chi connectivity index (χ2n) is 9.13. The van der Waals surface area contributed by atoms with E-state index in [2.05, 4.69) is 5.32 Å². The van der Waals surface area contributed by atoms with Crippen molar-refractivity contribution in [1.82, 2.24) is 10.2 Å². The molecule has 12 heteroatoms. The molecular formula is C29H33Cl2N3O6S. The molecule has 0 heterocycles. The molecule has 3 aromatic rings. The molecule has 0 aliphatic carbocycles. The van der Waals surface area contributed by atoms with Crippen molar-refractivity contribution < 1.29 is 27.5 Å². The maximum Gasteiger partial charge on any atom is 0.244 e. The van der Waals surface area contributed by atoms with Gasteiger partial charge in [-0.05, 0) is 36.8 Å². The van der Waals surface area contributed by atoms with E-state index in [4.69, 9.17) is 32.7 Å². The van der Waals surface area contributed by atoms with Gasteiger partial charge in [-0.25, -0.2) is 8.42 Å². The number of carbonyl (C=O) groups excluding carboxylic acids is 2. The van der Waals surface area contributed by atoms with Crippen LogP contribution in [0.15, 0.2) is 66.7 Å². The predicted octanol–water partition coefficient (Wildman–Crippen LogP) is 4.55. The summed E-state index contributed by atoms with van der Waals surface area (Å²) in [5.41, 5.74) is 1.38. The van der Waals surface area contributed by atoms with Crippen LogP contribution in [0.4, 0.5) is 5.69 Å². The van der Waals surface area contributed by atoms with E-state index in [1.807, 2.05) is 30.3 Å². The van der Waals surface area contributed by atoms with E-state index in [0.29, 0.717) is 27.9 Å². The Kier molecular flexibility index (Phi) is 11.3. The van der Waals surface area contributed by atoms with Crippen molar-refractivity contribution in [2.45, 2.75) is 25.9 Å². The molecule has 1 atom stereocenters. The first kappa shape index (κ1) is 32.0. The molecule has 0 bridgehead atoms. The normalized spacial score (nSPS) is 11.9. The maximum atomic E-state index is 14.2. The molecule has 0 saturated heterocycles. The highest BCUT2D eigenvalue weighted by Crippen LogP contribution is 2.34. The van der Waals surface area contributed by atoms with Crippen LogP contribution in [0, 0.1) is 0 Å². The van der Waals surface area contributed by atoms with Gasteiger partial charge < -0.3 is 19.7 Å². The fourth-order valence-corrected chi connectivity index (χ4v) is 5.66. The van der Waals surface area contributed by atoms with E-state index >= 15 is 0 Å². The summed E-state index contributed by atoms with van der Waals surface area (Å²) in [4.78, 5) is 28.9. The summed E-state index contributed by atoms with van der Waals surface area (Å²) in [5, 5.41) is 3.41. The summed E-state index contributed by atoms with van der Waals surface area (Å²) in [6.07, 6.45) is 1.16. The molecule has 0 radical (unpaired) electrons. The van der Waals surface area contributed by atoms with E-state index in [9.17, 15) is 18.0 Å². The van der Waals surface area contributed by atoms with Crippen LogP contribution >= 0.6 is 23.2 Å². The standard InChI is InChI=1S/C29H33Cl2N3O6S/c1-5-32-29(36)26(16-20-10-7-6-8-11-20)33(18-22-23(30)12-9-13-24(22)31)28(35)19-34(41(4,37)38)25-15-14-21(39-2)17-27(25)40-3/h6-15,17,26H,5,16,18-19H2,1-4H3,(H,32,36)/t26-/m1/s1. The number of nitrogens with zero attached hydrogens (tertiary/aromatic N) is 2. The summed E-state index contributed by atoms with van der Waals surface area (Å²) in [6, 6.07) is 17.7. The van der Waals surface area contributed by atoms with Crippen molar-refractivity contribution in [2.24, 2.45) is 0 Å². The summed E-state index contributed by atoms with van der Waals surface area (Å²) < 4.78 is 37.6. The Morgan fingerprint density at radius 3 is 2.17 bits per heavy atom. The largest absolute Gasteiger partial charge is 0.497 e. The minimum absolute atomic E-state index is 0.136. The van der Waals surface area contributed by atoms with Crippen LogP contribution in [0.2, 0.25) is 10.0 Å². The molecule has 220 valence electrons. The Morgan fingerprint density at radius 2 is 1.61 bits per heavy atom. The molecule has 9 nitrogen and oxygen atoms in total. The number of methoxy groups -OCH3 is 2. The van der Waals surface area contributed by atoms with Crippen LogP contribution in [-0.4, -0.2) is 64.7 Å². The number of amides is 2. The minimum atomic E-state index is -3.99. The van der Waals surface area contributed by atoms with Crippen LogP contribution in [0.5, 0.6) is 11.5 Å². The van der Waals surface area contributed by atoms with Gasteiger partial charge in [0.2, 0.25) is 21.8 Å². The van der Waals surface area contributed by atoms with Crippen molar-refractivity contribution in [2.75, 3.05) is 37.9 Å². The summed E-state index contributed by atoms with van der Waals surface area (Å²) >= 11 is 12.9. The first-order chi connectivity index (χ1) is 19.5. The second-order valence-corrected chi connectivity index (χ2v) is 11.9. The van der Waals surface area contributed by atoms with Gasteiger partial charge in [0.05, 0.1) is 26.2 Å². The van der Waals surface area contributed by atoms with Gasteiger partial charge >= 0.3 is 0 Å². The highest BCUT2D eigenvalue weighted by atomic mass is 35.5. The molecule has 3 rings (SSSR count). The van der Waals surface area contributed by atoms with Crippen molar-refractivity contribution in [1.29, 1.82) is 0 Å². The predicted molar refractivity (Wildman–Crippen MR) is 161 cm³/mol. The van der Waals surface area contributed by atoms with E-state index in [1.54, 1.807) is 31.2 Å². The van der Waals surface area contributed by atoms with Crippen LogP contribution in [0.1, 0.15) is 18.1 Å². The number of likely N-dealkylation sites (N-methyl/N-ethyl adjacent to an activating group) is 1. The average molecular weight is 623 g/mol. The van der Waals surface area contributed by atoms with Crippen molar-refractivity contribution >= 4 is 50.7 Å². The maximum absolute atomic E-state index is 14.2. The second kappa shape index (κ2) is 14.4. The molecule has 0 spiro atoms. The molecule has 1 N–H and O–H groups in total. The van der Waals surface area contributed by atoms with Crippen molar-refractivity contribution in [3.63, 3.8) is 0 Å². The topological polar surface area (TPSA) is 105 Å². The highest BCUT2D eigenvalue weighted by Gasteiger charge is 2.34. The molecule has 41 heavy (non-hydrogen) atoms. The van der Waals surface area contributed by atoms with Gasteiger partial charge in [-0.2, -0.15) is 0 Å². The van der Waals surface area contributed by atoms with Gasteiger partial charge in [0.1, 0.15) is 24.1 Å². The Bertz CT molecular complexity index is 1450. The van der Waals surface area contributed by atoms with E-state index < -0.39 is 34.4 Å². The third-order valence-corrected chi connectivity index (χ3v) is 8.18.